The summed E-state index contributed by atoms with van der Waals surface area (Å²) in [5.74, 6) is 0.704. The summed E-state index contributed by atoms with van der Waals surface area (Å²) < 4.78 is 0. The normalized spacial score (nSPS) is 15.2. The number of fused-ring (bicyclic) bond motifs is 1. The predicted octanol–water partition coefficient (Wildman–Crippen LogP) is 4.48. The average molecular weight is 372 g/mol. The van der Waals surface area contributed by atoms with E-state index in [0.29, 0.717) is 11.6 Å². The minimum atomic E-state index is -0.161. The number of para-hydroxylation sites is 1. The minimum Gasteiger partial charge on any atom is -0.378 e. The maximum absolute atomic E-state index is 12.6. The third-order valence-corrected chi connectivity index (χ3v) is 5.11. The number of anilines is 4. The number of hydrogen-bond acceptors (Lipinski definition) is 4. The Kier molecular flexibility index (Phi) is 4.74. The lowest BCUT2D eigenvalue weighted by atomic mass is 10.1. The summed E-state index contributed by atoms with van der Waals surface area (Å²) >= 11 is 0. The summed E-state index contributed by atoms with van der Waals surface area (Å²) in [5.41, 5.74) is 4.92. The molecule has 142 valence electrons. The Bertz CT molecular complexity index is 980. The van der Waals surface area contributed by atoms with E-state index in [4.69, 9.17) is 0 Å². The van der Waals surface area contributed by atoms with Gasteiger partial charge in [-0.15, -0.1) is 0 Å². The van der Waals surface area contributed by atoms with E-state index >= 15 is 0 Å². The summed E-state index contributed by atoms with van der Waals surface area (Å²) in [7, 11) is 3.97. The highest BCUT2D eigenvalue weighted by atomic mass is 16.1. The van der Waals surface area contributed by atoms with Crippen LogP contribution in [-0.2, 0) is 6.42 Å². The van der Waals surface area contributed by atoms with Gasteiger partial charge in [0.15, 0.2) is 0 Å². The molecule has 1 aliphatic rings. The van der Waals surface area contributed by atoms with E-state index in [1.54, 1.807) is 6.20 Å². The van der Waals surface area contributed by atoms with E-state index in [0.717, 1.165) is 23.6 Å². The van der Waals surface area contributed by atoms with Crippen LogP contribution in [0.25, 0.3) is 0 Å². The van der Waals surface area contributed by atoms with E-state index in [1.807, 2.05) is 61.5 Å². The summed E-state index contributed by atoms with van der Waals surface area (Å²) in [5, 5.41) is 2.93. The molecule has 0 radical (unpaired) electrons. The van der Waals surface area contributed by atoms with E-state index in [9.17, 15) is 4.79 Å². The molecule has 4 rings (SSSR count). The number of carbonyl (C=O) groups is 1. The number of hydrogen-bond donors (Lipinski definition) is 1. The second kappa shape index (κ2) is 7.35. The van der Waals surface area contributed by atoms with Crippen LogP contribution in [-0.4, -0.2) is 31.0 Å². The molecule has 0 fully saturated rings. The van der Waals surface area contributed by atoms with Crippen molar-refractivity contribution in [2.75, 3.05) is 29.2 Å². The van der Waals surface area contributed by atoms with Gasteiger partial charge in [0.1, 0.15) is 5.82 Å². The second-order valence-electron chi connectivity index (χ2n) is 7.35. The van der Waals surface area contributed by atoms with Gasteiger partial charge in [-0.1, -0.05) is 18.2 Å². The van der Waals surface area contributed by atoms with Gasteiger partial charge in [0.05, 0.1) is 5.56 Å². The van der Waals surface area contributed by atoms with Gasteiger partial charge in [0.25, 0.3) is 5.91 Å². The van der Waals surface area contributed by atoms with Crippen LogP contribution in [0.5, 0.6) is 0 Å². The number of amides is 1. The van der Waals surface area contributed by atoms with Gasteiger partial charge in [-0.25, -0.2) is 4.98 Å². The fourth-order valence-electron chi connectivity index (χ4n) is 3.62. The number of pyridine rings is 1. The molecule has 0 spiro atoms. The van der Waals surface area contributed by atoms with E-state index in [-0.39, 0.29) is 5.91 Å². The minimum absolute atomic E-state index is 0.161. The van der Waals surface area contributed by atoms with E-state index in [2.05, 4.69) is 40.3 Å². The van der Waals surface area contributed by atoms with Gasteiger partial charge in [-0.05, 0) is 61.4 Å². The lowest BCUT2D eigenvalue weighted by Crippen LogP contribution is -2.25. The molecule has 1 aliphatic heterocycles. The molecule has 1 amide bonds. The summed E-state index contributed by atoms with van der Waals surface area (Å²) in [6, 6.07) is 20.3. The Morgan fingerprint density at radius 2 is 1.82 bits per heavy atom. The van der Waals surface area contributed by atoms with Crippen LogP contribution < -0.4 is 15.1 Å². The Hall–Kier alpha value is -3.34. The average Bonchev–Trinajstić information content (AvgIpc) is 3.04. The van der Waals surface area contributed by atoms with Crippen LogP contribution in [0.2, 0.25) is 0 Å². The highest BCUT2D eigenvalue weighted by Crippen LogP contribution is 2.37. The van der Waals surface area contributed by atoms with Crippen molar-refractivity contribution in [3.8, 4) is 0 Å². The molecule has 0 bridgehead atoms. The van der Waals surface area contributed by atoms with Gasteiger partial charge < -0.3 is 15.1 Å². The van der Waals surface area contributed by atoms with Crippen molar-refractivity contribution >= 4 is 28.8 Å². The van der Waals surface area contributed by atoms with Crippen molar-refractivity contribution in [3.05, 3.63) is 78.0 Å². The Labute approximate surface area is 165 Å². The van der Waals surface area contributed by atoms with Gasteiger partial charge in [-0.3, -0.25) is 4.79 Å². The van der Waals surface area contributed by atoms with Crippen LogP contribution in [0.4, 0.5) is 22.9 Å². The molecule has 1 aromatic heterocycles. The van der Waals surface area contributed by atoms with Gasteiger partial charge in [-0.2, -0.15) is 0 Å². The molecule has 5 heteroatoms. The third-order valence-electron chi connectivity index (χ3n) is 5.11. The molecule has 0 aliphatic carbocycles. The monoisotopic (exact) mass is 372 g/mol. The zero-order chi connectivity index (χ0) is 19.7. The van der Waals surface area contributed by atoms with Gasteiger partial charge >= 0.3 is 0 Å². The van der Waals surface area contributed by atoms with Crippen molar-refractivity contribution in [1.82, 2.24) is 4.98 Å². The number of aromatic nitrogens is 1. The van der Waals surface area contributed by atoms with Crippen LogP contribution in [0.15, 0.2) is 66.9 Å². The number of carbonyl (C=O) groups excluding carboxylic acids is 1. The van der Waals surface area contributed by atoms with Crippen molar-refractivity contribution in [3.63, 3.8) is 0 Å². The Balaban J connectivity index is 1.49. The first-order valence-electron chi connectivity index (χ1n) is 9.45. The topological polar surface area (TPSA) is 48.5 Å². The number of benzene rings is 2. The predicted molar refractivity (Wildman–Crippen MR) is 115 cm³/mol. The lowest BCUT2D eigenvalue weighted by Gasteiger charge is -2.23. The highest BCUT2D eigenvalue weighted by Gasteiger charge is 2.27. The SMILES string of the molecule is CC1Cc2ccccc2N1c1ccc(C(=O)Nc2ccc(N(C)C)cc2)cn1. The number of rotatable bonds is 4. The summed E-state index contributed by atoms with van der Waals surface area (Å²) in [6.07, 6.45) is 2.65. The van der Waals surface area contributed by atoms with E-state index in [1.165, 1.54) is 11.3 Å². The molecule has 28 heavy (non-hydrogen) atoms. The Morgan fingerprint density at radius 3 is 2.50 bits per heavy atom. The quantitative estimate of drug-likeness (QED) is 0.733. The number of nitrogens with one attached hydrogen (secondary N) is 1. The molecule has 0 saturated carbocycles. The van der Waals surface area contributed by atoms with E-state index < -0.39 is 0 Å². The smallest absolute Gasteiger partial charge is 0.257 e. The Morgan fingerprint density at radius 1 is 1.07 bits per heavy atom. The van der Waals surface area contributed by atoms with Crippen LogP contribution in [0.1, 0.15) is 22.8 Å². The fourth-order valence-corrected chi connectivity index (χ4v) is 3.62. The number of nitrogens with zero attached hydrogens (tertiary/aromatic N) is 3. The molecular formula is C23H24N4O. The van der Waals surface area contributed by atoms with Crippen LogP contribution in [0, 0.1) is 0 Å². The molecule has 1 unspecified atom stereocenters. The zero-order valence-corrected chi connectivity index (χ0v) is 16.4. The van der Waals surface area contributed by atoms with Crippen molar-refractivity contribution < 1.29 is 4.79 Å². The molecule has 2 aromatic carbocycles. The molecule has 0 saturated heterocycles. The summed E-state index contributed by atoms with van der Waals surface area (Å²) in [6.45, 7) is 2.19. The largest absolute Gasteiger partial charge is 0.378 e. The first-order chi connectivity index (χ1) is 13.5. The molecular weight excluding hydrogens is 348 g/mol. The fraction of sp³-hybridized carbons (Fsp3) is 0.217. The van der Waals surface area contributed by atoms with Crippen molar-refractivity contribution in [2.24, 2.45) is 0 Å². The van der Waals surface area contributed by atoms with Crippen LogP contribution >= 0.6 is 0 Å². The van der Waals surface area contributed by atoms with Gasteiger partial charge in [0.2, 0.25) is 0 Å². The maximum atomic E-state index is 12.6. The summed E-state index contributed by atoms with van der Waals surface area (Å²) in [4.78, 5) is 21.4. The molecule has 2 heterocycles. The molecule has 1 N–H and O–H groups in total. The zero-order valence-electron chi connectivity index (χ0n) is 16.4. The van der Waals surface area contributed by atoms with Gasteiger partial charge in [0, 0.05) is 43.4 Å². The standard InChI is InChI=1S/C23H24N4O/c1-16-14-17-6-4-5-7-21(17)27(16)22-13-8-18(15-24-22)23(28)25-19-9-11-20(12-10-19)26(2)3/h4-13,15-16H,14H2,1-3H3,(H,25,28). The second-order valence-corrected chi connectivity index (χ2v) is 7.35. The molecule has 3 aromatic rings. The molecule has 1 atom stereocenters. The van der Waals surface area contributed by atoms with Crippen molar-refractivity contribution in [1.29, 1.82) is 0 Å². The first kappa shape index (κ1) is 18.0. The first-order valence-corrected chi connectivity index (χ1v) is 9.45. The molecule has 5 nitrogen and oxygen atoms in total. The highest BCUT2D eigenvalue weighted by molar-refractivity contribution is 6.04. The van der Waals surface area contributed by atoms with Crippen molar-refractivity contribution in [2.45, 2.75) is 19.4 Å². The maximum Gasteiger partial charge on any atom is 0.257 e. The lowest BCUT2D eigenvalue weighted by molar-refractivity contribution is 0.102. The third kappa shape index (κ3) is 3.43. The van der Waals surface area contributed by atoms with Crippen LogP contribution in [0.3, 0.4) is 0 Å².